The van der Waals surface area contributed by atoms with Gasteiger partial charge in [0, 0.05) is 45.2 Å². The van der Waals surface area contributed by atoms with Crippen LogP contribution in [0.1, 0.15) is 29.9 Å². The molecule has 0 atom stereocenters. The summed E-state index contributed by atoms with van der Waals surface area (Å²) in [4.78, 5) is 39.9. The van der Waals surface area contributed by atoms with Crippen LogP contribution in [-0.4, -0.2) is 82.6 Å². The van der Waals surface area contributed by atoms with Crippen molar-refractivity contribution >= 4 is 11.9 Å². The summed E-state index contributed by atoms with van der Waals surface area (Å²) in [6.45, 7) is 5.17. The zero-order valence-corrected chi connectivity index (χ0v) is 19.0. The molecule has 4 rings (SSSR count). The first-order valence-corrected chi connectivity index (χ1v) is 10.9. The number of imide groups is 1. The van der Waals surface area contributed by atoms with Crippen LogP contribution in [-0.2, 0) is 22.6 Å². The summed E-state index contributed by atoms with van der Waals surface area (Å²) in [5, 5.41) is 0. The molecule has 9 nitrogen and oxygen atoms in total. The van der Waals surface area contributed by atoms with E-state index in [0.717, 1.165) is 36.7 Å². The van der Waals surface area contributed by atoms with Crippen LogP contribution in [0.2, 0.25) is 0 Å². The van der Waals surface area contributed by atoms with E-state index in [9.17, 15) is 9.59 Å². The molecule has 1 spiro atoms. The lowest BCUT2D eigenvalue weighted by Crippen LogP contribution is -2.57. The topological polar surface area (TPSA) is 91.0 Å². The Morgan fingerprint density at radius 2 is 1.94 bits per heavy atom. The van der Waals surface area contributed by atoms with Crippen LogP contribution in [0.5, 0.6) is 5.75 Å². The number of nitrogens with one attached hydrogen (secondary N) is 1. The van der Waals surface area contributed by atoms with Gasteiger partial charge in [0.05, 0.1) is 20.3 Å². The van der Waals surface area contributed by atoms with Crippen molar-refractivity contribution in [3.8, 4) is 5.75 Å². The first kappa shape index (κ1) is 22.3. The lowest BCUT2D eigenvalue weighted by atomic mass is 9.85. The van der Waals surface area contributed by atoms with Gasteiger partial charge in [-0.15, -0.1) is 0 Å². The van der Waals surface area contributed by atoms with E-state index in [1.807, 2.05) is 37.4 Å². The SMILES string of the molecule is COCCN1C(=O)N(Cc2cccc(OC)c2)C(=O)C12CCN(Cc1cnc(C)[nH]1)CC2. The maximum Gasteiger partial charge on any atom is 0.328 e. The van der Waals surface area contributed by atoms with Crippen LogP contribution in [0, 0.1) is 6.92 Å². The zero-order chi connectivity index (χ0) is 22.7. The first-order chi connectivity index (χ1) is 15.5. The Morgan fingerprint density at radius 3 is 2.59 bits per heavy atom. The molecule has 0 saturated carbocycles. The third-order valence-electron chi connectivity index (χ3n) is 6.45. The van der Waals surface area contributed by atoms with Gasteiger partial charge in [0.15, 0.2) is 0 Å². The van der Waals surface area contributed by atoms with E-state index >= 15 is 0 Å². The third kappa shape index (κ3) is 4.22. The molecular weight excluding hydrogens is 410 g/mol. The van der Waals surface area contributed by atoms with E-state index in [-0.39, 0.29) is 18.5 Å². The molecule has 172 valence electrons. The highest BCUT2D eigenvalue weighted by molar-refractivity contribution is 6.07. The van der Waals surface area contributed by atoms with Gasteiger partial charge in [0.1, 0.15) is 17.1 Å². The van der Waals surface area contributed by atoms with Crippen molar-refractivity contribution in [1.82, 2.24) is 24.7 Å². The molecule has 9 heteroatoms. The van der Waals surface area contributed by atoms with Crippen molar-refractivity contribution < 1.29 is 19.1 Å². The van der Waals surface area contributed by atoms with Crippen molar-refractivity contribution in [3.63, 3.8) is 0 Å². The fraction of sp³-hybridized carbons (Fsp3) is 0.522. The lowest BCUT2D eigenvalue weighted by molar-refractivity contribution is -0.136. The number of carbonyl (C=O) groups is 2. The minimum Gasteiger partial charge on any atom is -0.497 e. The van der Waals surface area contributed by atoms with Crippen LogP contribution in [0.25, 0.3) is 0 Å². The quantitative estimate of drug-likeness (QED) is 0.632. The number of carbonyl (C=O) groups excluding carboxylic acids is 2. The highest BCUT2D eigenvalue weighted by atomic mass is 16.5. The van der Waals surface area contributed by atoms with Gasteiger partial charge < -0.3 is 19.4 Å². The minimum absolute atomic E-state index is 0.113. The number of aromatic nitrogens is 2. The first-order valence-electron chi connectivity index (χ1n) is 10.9. The van der Waals surface area contributed by atoms with E-state index in [0.29, 0.717) is 31.7 Å². The molecule has 1 aromatic carbocycles. The van der Waals surface area contributed by atoms with Gasteiger partial charge in [-0.05, 0) is 37.5 Å². The summed E-state index contributed by atoms with van der Waals surface area (Å²) in [5.41, 5.74) is 1.11. The van der Waals surface area contributed by atoms with Crippen molar-refractivity contribution in [3.05, 3.63) is 47.5 Å². The fourth-order valence-electron chi connectivity index (χ4n) is 4.73. The Bertz CT molecular complexity index is 967. The number of methoxy groups -OCH3 is 2. The number of likely N-dealkylation sites (tertiary alicyclic amines) is 1. The van der Waals surface area contributed by atoms with Gasteiger partial charge in [-0.1, -0.05) is 12.1 Å². The van der Waals surface area contributed by atoms with E-state index in [1.165, 1.54) is 4.90 Å². The van der Waals surface area contributed by atoms with Crippen molar-refractivity contribution in [2.75, 3.05) is 40.5 Å². The Hall–Kier alpha value is -2.91. The molecule has 3 heterocycles. The van der Waals surface area contributed by atoms with E-state index < -0.39 is 5.54 Å². The van der Waals surface area contributed by atoms with E-state index in [4.69, 9.17) is 9.47 Å². The molecule has 2 aliphatic rings. The van der Waals surface area contributed by atoms with Crippen LogP contribution in [0.3, 0.4) is 0 Å². The van der Waals surface area contributed by atoms with Crippen LogP contribution >= 0.6 is 0 Å². The number of hydrogen-bond donors (Lipinski definition) is 1. The van der Waals surface area contributed by atoms with Crippen molar-refractivity contribution in [1.29, 1.82) is 0 Å². The van der Waals surface area contributed by atoms with Crippen LogP contribution in [0.4, 0.5) is 4.79 Å². The molecule has 3 amide bonds. The van der Waals surface area contributed by atoms with Gasteiger partial charge >= 0.3 is 6.03 Å². The zero-order valence-electron chi connectivity index (χ0n) is 19.0. The average molecular weight is 442 g/mol. The van der Waals surface area contributed by atoms with E-state index in [1.54, 1.807) is 19.1 Å². The number of piperidine rings is 1. The Labute approximate surface area is 188 Å². The smallest absolute Gasteiger partial charge is 0.328 e. The summed E-state index contributed by atoms with van der Waals surface area (Å²) in [6, 6.07) is 7.24. The summed E-state index contributed by atoms with van der Waals surface area (Å²) in [5.74, 6) is 1.48. The number of aromatic amines is 1. The number of hydrogen-bond acceptors (Lipinski definition) is 6. The standard InChI is InChI=1S/C23H31N5O4/c1-17-24-14-19(25-17)16-26-9-7-23(8-10-26)21(29)27(22(30)28(23)11-12-31-2)15-18-5-4-6-20(13-18)32-3/h4-6,13-14H,7-12,15-16H2,1-3H3,(H,24,25). The van der Waals surface area contributed by atoms with Gasteiger partial charge in [-0.2, -0.15) is 0 Å². The maximum absolute atomic E-state index is 13.7. The molecule has 2 aromatic rings. The molecule has 1 N–H and O–H groups in total. The highest BCUT2D eigenvalue weighted by Gasteiger charge is 2.57. The molecular formula is C23H31N5O4. The van der Waals surface area contributed by atoms with Crippen molar-refractivity contribution in [2.24, 2.45) is 0 Å². The number of H-pyrrole nitrogens is 1. The fourth-order valence-corrected chi connectivity index (χ4v) is 4.73. The van der Waals surface area contributed by atoms with Crippen LogP contribution < -0.4 is 4.74 Å². The van der Waals surface area contributed by atoms with Gasteiger partial charge in [0.2, 0.25) is 0 Å². The molecule has 0 unspecified atom stereocenters. The predicted octanol–water partition coefficient (Wildman–Crippen LogP) is 2.17. The second-order valence-electron chi connectivity index (χ2n) is 8.47. The molecule has 0 radical (unpaired) electrons. The van der Waals surface area contributed by atoms with Gasteiger partial charge in [0.25, 0.3) is 5.91 Å². The number of ether oxygens (including phenoxy) is 2. The minimum atomic E-state index is -0.811. The van der Waals surface area contributed by atoms with Crippen molar-refractivity contribution in [2.45, 2.75) is 38.4 Å². The Morgan fingerprint density at radius 1 is 1.16 bits per heavy atom. The number of imidazole rings is 1. The Kier molecular flexibility index (Phi) is 6.48. The monoisotopic (exact) mass is 441 g/mol. The Balaban J connectivity index is 1.51. The average Bonchev–Trinajstić information content (AvgIpc) is 3.29. The molecule has 2 saturated heterocycles. The molecule has 1 aromatic heterocycles. The van der Waals surface area contributed by atoms with E-state index in [2.05, 4.69) is 14.9 Å². The van der Waals surface area contributed by atoms with Gasteiger partial charge in [-0.3, -0.25) is 14.6 Å². The number of amides is 3. The number of aryl methyl sites for hydroxylation is 1. The molecule has 2 fully saturated rings. The summed E-state index contributed by atoms with van der Waals surface area (Å²) in [6.07, 6.45) is 3.05. The normalized spacial score (nSPS) is 18.7. The second kappa shape index (κ2) is 9.30. The third-order valence-corrected chi connectivity index (χ3v) is 6.45. The maximum atomic E-state index is 13.7. The lowest BCUT2D eigenvalue weighted by Gasteiger charge is -2.42. The number of benzene rings is 1. The number of rotatable bonds is 8. The molecule has 2 aliphatic heterocycles. The summed E-state index contributed by atoms with van der Waals surface area (Å²) >= 11 is 0. The second-order valence-corrected chi connectivity index (χ2v) is 8.47. The van der Waals surface area contributed by atoms with Crippen LogP contribution in [0.15, 0.2) is 30.5 Å². The molecule has 32 heavy (non-hydrogen) atoms. The highest BCUT2D eigenvalue weighted by Crippen LogP contribution is 2.38. The molecule has 0 aliphatic carbocycles. The summed E-state index contributed by atoms with van der Waals surface area (Å²) in [7, 11) is 3.21. The van der Waals surface area contributed by atoms with Gasteiger partial charge in [-0.25, -0.2) is 9.78 Å². The molecule has 0 bridgehead atoms. The number of urea groups is 1. The predicted molar refractivity (Wildman–Crippen MR) is 118 cm³/mol. The largest absolute Gasteiger partial charge is 0.497 e. The summed E-state index contributed by atoms with van der Waals surface area (Å²) < 4.78 is 10.5. The number of nitrogens with zero attached hydrogens (tertiary/aromatic N) is 4.